The van der Waals surface area contributed by atoms with E-state index in [1.54, 1.807) is 0 Å². The number of hydrogen-bond donors (Lipinski definition) is 2. The molecule has 0 saturated carbocycles. The third kappa shape index (κ3) is 4.23. The number of nitrogens with zero attached hydrogens (tertiary/aromatic N) is 1. The molecule has 1 aromatic rings. The van der Waals surface area contributed by atoms with Crippen LogP contribution in [0.25, 0.3) is 0 Å². The summed E-state index contributed by atoms with van der Waals surface area (Å²) in [6, 6.07) is 3.05. The van der Waals surface area contributed by atoms with E-state index in [-0.39, 0.29) is 29.3 Å². The van der Waals surface area contributed by atoms with Gasteiger partial charge in [0, 0.05) is 19.1 Å². The van der Waals surface area contributed by atoms with Crippen molar-refractivity contribution in [2.75, 3.05) is 12.3 Å². The number of likely N-dealkylation sites (tertiary alicyclic amines) is 1. The molecule has 0 radical (unpaired) electrons. The second-order valence-corrected chi connectivity index (χ2v) is 8.22. The average Bonchev–Trinajstić information content (AvgIpc) is 2.87. The largest absolute Gasteiger partial charge is 0.521 e. The quantitative estimate of drug-likeness (QED) is 0.726. The van der Waals surface area contributed by atoms with Gasteiger partial charge in [-0.05, 0) is 24.6 Å². The number of carbonyl (C=O) groups excluding carboxylic acids is 2. The second kappa shape index (κ2) is 7.84. The number of carbonyl (C=O) groups is 3. The minimum atomic E-state index is -4.53. The molecule has 0 aromatic heterocycles. The molecular weight excluding hydrogens is 399 g/mol. The first-order valence-corrected chi connectivity index (χ1v) is 9.49. The number of aliphatic hydroxyl groups is 1. The van der Waals surface area contributed by atoms with Crippen molar-refractivity contribution in [2.45, 2.75) is 44.5 Å². The molecule has 1 aliphatic rings. The van der Waals surface area contributed by atoms with Crippen LogP contribution >= 0.6 is 11.8 Å². The number of quaternary nitrogens is 1. The number of thioether (sulfide) groups is 1. The molecule has 2 N–H and O–H groups in total. The molecule has 2 unspecified atom stereocenters. The van der Waals surface area contributed by atoms with Gasteiger partial charge in [0.2, 0.25) is 0 Å². The fourth-order valence-electron chi connectivity index (χ4n) is 3.63. The van der Waals surface area contributed by atoms with Crippen LogP contribution in [-0.2, 0) is 21.4 Å². The molecule has 0 aliphatic carbocycles. The lowest BCUT2D eigenvalue weighted by atomic mass is 9.91. The van der Waals surface area contributed by atoms with Gasteiger partial charge in [-0.2, -0.15) is 22.4 Å². The minimum absolute atomic E-state index is 0.101. The maximum atomic E-state index is 12.8. The molecule has 6 nitrogen and oxygen atoms in total. The average molecular weight is 420 g/mol. The Morgan fingerprint density at radius 1 is 1.25 bits per heavy atom. The molecule has 1 aromatic carbocycles. The van der Waals surface area contributed by atoms with Gasteiger partial charge in [-0.1, -0.05) is 23.9 Å². The van der Waals surface area contributed by atoms with Gasteiger partial charge >= 0.3 is 18.2 Å². The van der Waals surface area contributed by atoms with Crippen LogP contribution in [0.5, 0.6) is 0 Å². The van der Waals surface area contributed by atoms with Crippen LogP contribution in [0.4, 0.5) is 18.0 Å². The summed E-state index contributed by atoms with van der Waals surface area (Å²) in [6.45, 7) is 2.35. The Kier molecular flexibility index (Phi) is 6.27. The highest BCUT2D eigenvalue weighted by molar-refractivity contribution is 8.13. The van der Waals surface area contributed by atoms with Gasteiger partial charge in [-0.25, -0.2) is 4.79 Å². The molecule has 0 bridgehead atoms. The Balaban J connectivity index is 2.31. The first kappa shape index (κ1) is 22.4. The molecule has 1 fully saturated rings. The zero-order valence-corrected chi connectivity index (χ0v) is 16.1. The molecule has 28 heavy (non-hydrogen) atoms. The molecule has 1 saturated heterocycles. The molecule has 1 aliphatic heterocycles. The van der Waals surface area contributed by atoms with Crippen molar-refractivity contribution in [3.8, 4) is 0 Å². The van der Waals surface area contributed by atoms with Crippen molar-refractivity contribution in [1.29, 1.82) is 0 Å². The van der Waals surface area contributed by atoms with E-state index < -0.39 is 46.4 Å². The lowest BCUT2D eigenvalue weighted by Gasteiger charge is -2.30. The molecule has 0 spiro atoms. The maximum absolute atomic E-state index is 12.8. The lowest BCUT2D eigenvalue weighted by Crippen LogP contribution is -2.59. The molecule has 1 heterocycles. The highest BCUT2D eigenvalue weighted by atomic mass is 32.2. The summed E-state index contributed by atoms with van der Waals surface area (Å²) in [6.07, 6.45) is -6.25. The van der Waals surface area contributed by atoms with Crippen LogP contribution in [0.2, 0.25) is 0 Å². The summed E-state index contributed by atoms with van der Waals surface area (Å²) in [7, 11) is 0. The van der Waals surface area contributed by atoms with Crippen molar-refractivity contribution < 1.29 is 42.3 Å². The van der Waals surface area contributed by atoms with Crippen LogP contribution in [-0.4, -0.2) is 50.2 Å². The number of alkyl halides is 3. The maximum Gasteiger partial charge on any atom is 0.521 e. The highest BCUT2D eigenvalue weighted by Gasteiger charge is 2.62. The van der Waals surface area contributed by atoms with Crippen molar-refractivity contribution in [3.05, 3.63) is 35.4 Å². The first-order chi connectivity index (χ1) is 12.8. The molecule has 2 rings (SSSR count). The summed E-state index contributed by atoms with van der Waals surface area (Å²) in [5, 5.41) is 20.6. The standard InChI is InChI=1S/C18H20F3NO5S/c1-11-9-17(27,13-3-5-14(6-4-13)18(19,20)21)10-22(11,16(25)26)15(24)7-8-28-12(2)23/h3-6,11,27H,7-10H2,1-2H3/p+1/t11-,17?,22?/m1/s1. The number of hydrogen-bond acceptors (Lipinski definition) is 5. The van der Waals surface area contributed by atoms with E-state index in [2.05, 4.69) is 0 Å². The number of imide groups is 1. The second-order valence-electron chi connectivity index (χ2n) is 6.95. The normalized spacial score (nSPS) is 27.6. The fraction of sp³-hybridized carbons (Fsp3) is 0.500. The fourth-order valence-corrected chi connectivity index (χ4v) is 4.20. The summed E-state index contributed by atoms with van der Waals surface area (Å²) >= 11 is 0.898. The summed E-state index contributed by atoms with van der Waals surface area (Å²) < 4.78 is 37.2. The minimum Gasteiger partial charge on any atom is -0.435 e. The third-order valence-corrected chi connectivity index (χ3v) is 5.87. The van der Waals surface area contributed by atoms with E-state index in [4.69, 9.17) is 0 Å². The van der Waals surface area contributed by atoms with Crippen molar-refractivity contribution in [2.24, 2.45) is 0 Å². The van der Waals surface area contributed by atoms with E-state index in [1.165, 1.54) is 13.8 Å². The van der Waals surface area contributed by atoms with E-state index in [9.17, 15) is 37.8 Å². The first-order valence-electron chi connectivity index (χ1n) is 8.51. The zero-order valence-electron chi connectivity index (χ0n) is 15.3. The van der Waals surface area contributed by atoms with E-state index in [0.717, 1.165) is 36.0 Å². The predicted octanol–water partition coefficient (Wildman–Crippen LogP) is 3.38. The van der Waals surface area contributed by atoms with Crippen molar-refractivity contribution in [3.63, 3.8) is 0 Å². The summed E-state index contributed by atoms with van der Waals surface area (Å²) in [5.74, 6) is -0.538. The van der Waals surface area contributed by atoms with Crippen molar-refractivity contribution in [1.82, 2.24) is 0 Å². The van der Waals surface area contributed by atoms with Crippen LogP contribution in [0.1, 0.15) is 37.8 Å². The Morgan fingerprint density at radius 2 is 1.82 bits per heavy atom. The van der Waals surface area contributed by atoms with E-state index >= 15 is 0 Å². The predicted molar refractivity (Wildman–Crippen MR) is 95.3 cm³/mol. The van der Waals surface area contributed by atoms with Gasteiger partial charge in [-0.15, -0.1) is 0 Å². The van der Waals surface area contributed by atoms with E-state index in [1.807, 2.05) is 0 Å². The van der Waals surface area contributed by atoms with Gasteiger partial charge in [-0.3, -0.25) is 4.79 Å². The number of carboxylic acid groups (broad SMARTS) is 1. The highest BCUT2D eigenvalue weighted by Crippen LogP contribution is 2.42. The van der Waals surface area contributed by atoms with Gasteiger partial charge in [0.1, 0.15) is 18.2 Å². The van der Waals surface area contributed by atoms with Crippen LogP contribution in [0.3, 0.4) is 0 Å². The Hall–Kier alpha value is -1.91. The van der Waals surface area contributed by atoms with Crippen LogP contribution in [0, 0.1) is 0 Å². The van der Waals surface area contributed by atoms with Gasteiger partial charge in [0.05, 0.1) is 12.0 Å². The number of halogens is 3. The Bertz CT molecular complexity index is 782. The molecular formula is C18H21F3NO5S+. The SMILES string of the molecule is CC(=O)SCCC(=O)[N+]1(C(=O)O)CC(O)(c2ccc(C(F)(F)F)cc2)C[C@H]1C. The Morgan fingerprint density at radius 3 is 2.29 bits per heavy atom. The number of amides is 2. The summed E-state index contributed by atoms with van der Waals surface area (Å²) in [4.78, 5) is 35.7. The lowest BCUT2D eigenvalue weighted by molar-refractivity contribution is -0.796. The Labute approximate surface area is 163 Å². The van der Waals surface area contributed by atoms with Gasteiger partial charge in [0.25, 0.3) is 0 Å². The number of benzene rings is 1. The number of rotatable bonds is 4. The molecule has 3 atom stereocenters. The summed E-state index contributed by atoms with van der Waals surface area (Å²) in [5.41, 5.74) is -2.52. The monoisotopic (exact) mass is 420 g/mol. The molecule has 154 valence electrons. The third-order valence-electron chi connectivity index (χ3n) is 5.05. The smallest absolute Gasteiger partial charge is 0.435 e. The van der Waals surface area contributed by atoms with E-state index in [0.29, 0.717) is 0 Å². The van der Waals surface area contributed by atoms with Gasteiger partial charge < -0.3 is 10.2 Å². The zero-order chi connectivity index (χ0) is 21.3. The molecule has 2 amide bonds. The molecule has 10 heteroatoms. The topological polar surface area (TPSA) is 91.7 Å². The van der Waals surface area contributed by atoms with Gasteiger partial charge in [0.15, 0.2) is 5.12 Å². The van der Waals surface area contributed by atoms with Crippen molar-refractivity contribution >= 4 is 28.9 Å². The van der Waals surface area contributed by atoms with Crippen LogP contribution in [0.15, 0.2) is 24.3 Å². The van der Waals surface area contributed by atoms with Crippen LogP contribution < -0.4 is 0 Å².